The van der Waals surface area contributed by atoms with Gasteiger partial charge in [-0.2, -0.15) is 0 Å². The predicted molar refractivity (Wildman–Crippen MR) is 135 cm³/mol. The normalized spacial score (nSPS) is 21.3. The Hall–Kier alpha value is -2.29. The van der Waals surface area contributed by atoms with Crippen LogP contribution in [0.1, 0.15) is 37.3 Å². The van der Waals surface area contributed by atoms with Crippen molar-refractivity contribution in [2.24, 2.45) is 5.92 Å². The largest absolute Gasteiger partial charge is 0.478 e. The molecule has 2 atom stereocenters. The van der Waals surface area contributed by atoms with Crippen LogP contribution in [0.3, 0.4) is 0 Å². The summed E-state index contributed by atoms with van der Waals surface area (Å²) in [5, 5.41) is 3.33. The number of carbonyl (C=O) groups excluding carboxylic acids is 1. The number of rotatable bonds is 6. The predicted octanol–water partition coefficient (Wildman–Crippen LogP) is 3.81. The second kappa shape index (κ2) is 10.5. The van der Waals surface area contributed by atoms with Crippen molar-refractivity contribution in [3.05, 3.63) is 58.6 Å². The lowest BCUT2D eigenvalue weighted by Crippen LogP contribution is -2.39. The number of halogens is 1. The molecule has 2 aromatic rings. The summed E-state index contributed by atoms with van der Waals surface area (Å²) < 4.78 is 31.7. The summed E-state index contributed by atoms with van der Waals surface area (Å²) in [6, 6.07) is 13.1. The number of benzene rings is 2. The molecule has 9 heteroatoms. The second-order valence-corrected chi connectivity index (χ2v) is 11.7. The summed E-state index contributed by atoms with van der Waals surface area (Å²) in [6.45, 7) is 6.06. The first kappa shape index (κ1) is 24.8. The Balaban J connectivity index is 1.36. The Kier molecular flexibility index (Phi) is 7.70. The summed E-state index contributed by atoms with van der Waals surface area (Å²) in [5.74, 6) is 0.800. The van der Waals surface area contributed by atoms with Crippen LogP contribution in [0.5, 0.6) is 5.75 Å². The van der Waals surface area contributed by atoms with Gasteiger partial charge in [0.15, 0.2) is 6.10 Å². The monoisotopic (exact) mass is 505 g/mol. The van der Waals surface area contributed by atoms with E-state index in [1.165, 1.54) is 22.7 Å². The van der Waals surface area contributed by atoms with E-state index in [0.717, 1.165) is 37.4 Å². The summed E-state index contributed by atoms with van der Waals surface area (Å²) in [4.78, 5) is 15.4. The maximum Gasteiger partial charge on any atom is 0.261 e. The number of nitrogens with zero attached hydrogens (tertiary/aromatic N) is 2. The minimum Gasteiger partial charge on any atom is -0.478 e. The van der Waals surface area contributed by atoms with Gasteiger partial charge < -0.3 is 10.1 Å². The van der Waals surface area contributed by atoms with Gasteiger partial charge in [-0.05, 0) is 54.6 Å². The second-order valence-electron chi connectivity index (χ2n) is 9.36. The van der Waals surface area contributed by atoms with Crippen molar-refractivity contribution in [2.45, 2.75) is 45.4 Å². The molecule has 0 spiro atoms. The first-order valence-electron chi connectivity index (χ1n) is 11.7. The SMILES string of the molecule is CC1CCCN(Cc2ccc(CNC(=O)C3CCN(S(C)(=O)=O)c4cc(Cl)ccc4O3)cc2)C1. The van der Waals surface area contributed by atoms with E-state index in [-0.39, 0.29) is 18.9 Å². The number of piperidine rings is 1. The molecule has 2 aromatic carbocycles. The molecule has 1 fully saturated rings. The van der Waals surface area contributed by atoms with Crippen molar-refractivity contribution in [3.8, 4) is 5.75 Å². The standard InChI is InChI=1S/C25H32ClN3O4S/c1-18-4-3-12-28(16-18)17-20-7-5-19(6-8-20)15-27-25(30)24-11-13-29(34(2,31)32)22-14-21(26)9-10-23(22)33-24/h5-10,14,18,24H,3-4,11-13,15-17H2,1-2H3,(H,27,30). The maximum atomic E-state index is 12.9. The molecular weight excluding hydrogens is 474 g/mol. The highest BCUT2D eigenvalue weighted by atomic mass is 35.5. The number of likely N-dealkylation sites (tertiary alicyclic amines) is 1. The molecule has 1 N–H and O–H groups in total. The molecule has 7 nitrogen and oxygen atoms in total. The van der Waals surface area contributed by atoms with E-state index in [1.54, 1.807) is 18.2 Å². The van der Waals surface area contributed by atoms with Gasteiger partial charge in [-0.1, -0.05) is 42.8 Å². The van der Waals surface area contributed by atoms with Gasteiger partial charge in [0.25, 0.3) is 5.91 Å². The molecule has 2 aliphatic heterocycles. The average molecular weight is 506 g/mol. The van der Waals surface area contributed by atoms with Gasteiger partial charge >= 0.3 is 0 Å². The Morgan fingerprint density at radius 2 is 1.85 bits per heavy atom. The van der Waals surface area contributed by atoms with Crippen LogP contribution in [0.25, 0.3) is 0 Å². The Bertz CT molecular complexity index is 1120. The van der Waals surface area contributed by atoms with Crippen LogP contribution in [-0.2, 0) is 27.9 Å². The van der Waals surface area contributed by atoms with E-state index in [2.05, 4.69) is 29.3 Å². The van der Waals surface area contributed by atoms with Crippen LogP contribution in [0.4, 0.5) is 5.69 Å². The molecule has 0 radical (unpaired) electrons. The van der Waals surface area contributed by atoms with Gasteiger partial charge in [-0.3, -0.25) is 14.0 Å². The van der Waals surface area contributed by atoms with Crippen LogP contribution >= 0.6 is 11.6 Å². The number of sulfonamides is 1. The fourth-order valence-corrected chi connectivity index (χ4v) is 5.74. The highest BCUT2D eigenvalue weighted by Gasteiger charge is 2.31. The fourth-order valence-electron chi connectivity index (χ4n) is 4.64. The summed E-state index contributed by atoms with van der Waals surface area (Å²) in [5.41, 5.74) is 2.62. The van der Waals surface area contributed by atoms with E-state index in [1.807, 2.05) is 12.1 Å². The van der Waals surface area contributed by atoms with Crippen LogP contribution in [-0.4, -0.2) is 51.2 Å². The average Bonchev–Trinajstić information content (AvgIpc) is 2.98. The molecule has 2 aliphatic rings. The third-order valence-corrected chi connectivity index (χ3v) is 7.80. The number of hydrogen-bond acceptors (Lipinski definition) is 5. The molecule has 1 amide bonds. The van der Waals surface area contributed by atoms with Crippen molar-refractivity contribution >= 4 is 33.2 Å². The van der Waals surface area contributed by atoms with Gasteiger partial charge in [-0.15, -0.1) is 0 Å². The van der Waals surface area contributed by atoms with E-state index in [0.29, 0.717) is 23.0 Å². The van der Waals surface area contributed by atoms with Gasteiger partial charge in [0.2, 0.25) is 10.0 Å². The summed E-state index contributed by atoms with van der Waals surface area (Å²) >= 11 is 6.07. The smallest absolute Gasteiger partial charge is 0.261 e. The van der Waals surface area contributed by atoms with E-state index in [9.17, 15) is 13.2 Å². The number of amides is 1. The van der Waals surface area contributed by atoms with Crippen molar-refractivity contribution in [2.75, 3.05) is 30.2 Å². The topological polar surface area (TPSA) is 79.0 Å². The Labute approximate surface area is 207 Å². The maximum absolute atomic E-state index is 12.9. The summed E-state index contributed by atoms with van der Waals surface area (Å²) in [7, 11) is -3.54. The van der Waals surface area contributed by atoms with Crippen LogP contribution in [0, 0.1) is 5.92 Å². The molecule has 2 unspecified atom stereocenters. The zero-order valence-electron chi connectivity index (χ0n) is 19.7. The summed E-state index contributed by atoms with van der Waals surface area (Å²) in [6.07, 6.45) is 3.14. The number of hydrogen-bond donors (Lipinski definition) is 1. The number of anilines is 1. The Morgan fingerprint density at radius 3 is 2.56 bits per heavy atom. The molecule has 4 rings (SSSR count). The molecule has 1 saturated heterocycles. The first-order chi connectivity index (χ1) is 16.2. The minimum atomic E-state index is -3.54. The van der Waals surface area contributed by atoms with Gasteiger partial charge in [-0.25, -0.2) is 8.42 Å². The van der Waals surface area contributed by atoms with Crippen LogP contribution < -0.4 is 14.4 Å². The van der Waals surface area contributed by atoms with Gasteiger partial charge in [0.1, 0.15) is 5.75 Å². The molecule has 34 heavy (non-hydrogen) atoms. The lowest BCUT2D eigenvalue weighted by molar-refractivity contribution is -0.128. The van der Waals surface area contributed by atoms with Gasteiger partial charge in [0, 0.05) is 37.6 Å². The highest BCUT2D eigenvalue weighted by Crippen LogP contribution is 2.36. The number of carbonyl (C=O) groups is 1. The molecule has 0 saturated carbocycles. The van der Waals surface area contributed by atoms with Crippen LogP contribution in [0.15, 0.2) is 42.5 Å². The lowest BCUT2D eigenvalue weighted by Gasteiger charge is -2.30. The molecule has 184 valence electrons. The zero-order valence-corrected chi connectivity index (χ0v) is 21.2. The number of ether oxygens (including phenoxy) is 1. The van der Waals surface area contributed by atoms with Crippen molar-refractivity contribution in [3.63, 3.8) is 0 Å². The molecule has 0 bridgehead atoms. The van der Waals surface area contributed by atoms with E-state index < -0.39 is 16.1 Å². The number of nitrogens with one attached hydrogen (secondary N) is 1. The van der Waals surface area contributed by atoms with E-state index in [4.69, 9.17) is 16.3 Å². The van der Waals surface area contributed by atoms with Crippen LogP contribution in [0.2, 0.25) is 5.02 Å². The molecular formula is C25H32ClN3O4S. The van der Waals surface area contributed by atoms with Gasteiger partial charge in [0.05, 0.1) is 11.9 Å². The van der Waals surface area contributed by atoms with Crippen molar-refractivity contribution in [1.29, 1.82) is 0 Å². The zero-order chi connectivity index (χ0) is 24.3. The first-order valence-corrected chi connectivity index (χ1v) is 13.9. The third kappa shape index (κ3) is 6.23. The lowest BCUT2D eigenvalue weighted by atomic mass is 9.99. The number of fused-ring (bicyclic) bond motifs is 1. The molecule has 0 aromatic heterocycles. The van der Waals surface area contributed by atoms with Crippen molar-refractivity contribution in [1.82, 2.24) is 10.2 Å². The third-order valence-electron chi connectivity index (χ3n) is 6.38. The van der Waals surface area contributed by atoms with E-state index >= 15 is 0 Å². The quantitative estimate of drug-likeness (QED) is 0.646. The van der Waals surface area contributed by atoms with Crippen molar-refractivity contribution < 1.29 is 17.9 Å². The minimum absolute atomic E-state index is 0.133. The Morgan fingerprint density at radius 1 is 1.12 bits per heavy atom. The highest BCUT2D eigenvalue weighted by molar-refractivity contribution is 7.92. The molecule has 2 heterocycles. The fraction of sp³-hybridized carbons (Fsp3) is 0.480. The molecule has 0 aliphatic carbocycles.